The molecule has 17 heavy (non-hydrogen) atoms. The predicted octanol–water partition coefficient (Wildman–Crippen LogP) is 3.73. The van der Waals surface area contributed by atoms with E-state index in [1.807, 2.05) is 24.3 Å². The lowest BCUT2D eigenvalue weighted by molar-refractivity contribution is 0.306. The number of hydrogen-bond donors (Lipinski definition) is 1. The van der Waals surface area contributed by atoms with Gasteiger partial charge in [-0.05, 0) is 17.8 Å². The Morgan fingerprint density at radius 2 is 1.18 bits per heavy atom. The van der Waals surface area contributed by atoms with Crippen LogP contribution >= 0.6 is 0 Å². The highest BCUT2D eigenvalue weighted by Gasteiger charge is 2.28. The van der Waals surface area contributed by atoms with E-state index in [1.165, 1.54) is 0 Å². The topological polar surface area (TPSA) is 26.0 Å². The summed E-state index contributed by atoms with van der Waals surface area (Å²) in [5, 5.41) is 0. The smallest absolute Gasteiger partial charge is 0.0290 e. The van der Waals surface area contributed by atoms with Crippen LogP contribution in [0, 0.1) is 23.7 Å². The monoisotopic (exact) mass is 231 g/mol. The zero-order valence-corrected chi connectivity index (χ0v) is 10.9. The normalized spacial score (nSPS) is 19.2. The van der Waals surface area contributed by atoms with E-state index >= 15 is 0 Å². The fourth-order valence-corrected chi connectivity index (χ4v) is 2.18. The third kappa shape index (κ3) is 3.86. The van der Waals surface area contributed by atoms with Gasteiger partial charge in [0.05, 0.1) is 0 Å². The molecular weight excluding hydrogens is 206 g/mol. The van der Waals surface area contributed by atoms with Gasteiger partial charge in [-0.3, -0.25) is 0 Å². The highest BCUT2D eigenvalue weighted by Crippen LogP contribution is 2.32. The van der Waals surface area contributed by atoms with Gasteiger partial charge in [0.2, 0.25) is 0 Å². The molecule has 0 fully saturated rings. The largest absolute Gasteiger partial charge is 0.324 e. The Bertz CT molecular complexity index is 264. The van der Waals surface area contributed by atoms with Gasteiger partial charge in [-0.2, -0.15) is 0 Å². The van der Waals surface area contributed by atoms with Crippen molar-refractivity contribution >= 4 is 0 Å². The second-order valence-corrected chi connectivity index (χ2v) is 4.35. The Balaban J connectivity index is 5.18. The summed E-state index contributed by atoms with van der Waals surface area (Å²) in [5.41, 5.74) is 6.04. The Kier molecular flexibility index (Phi) is 7.24. The van der Waals surface area contributed by atoms with Crippen LogP contribution in [0.3, 0.4) is 0 Å². The fourth-order valence-electron chi connectivity index (χ4n) is 2.18. The molecule has 0 radical (unpaired) electrons. The van der Waals surface area contributed by atoms with Crippen molar-refractivity contribution in [1.82, 2.24) is 0 Å². The quantitative estimate of drug-likeness (QED) is 0.601. The highest BCUT2D eigenvalue weighted by molar-refractivity contribution is 5.09. The SMILES string of the molecule is C=C[C@@H]([C@@H](C=C)[C@@H](C)C=C)[C@H](C=C)[C@@H](N)C=C. The van der Waals surface area contributed by atoms with Crippen molar-refractivity contribution in [2.45, 2.75) is 13.0 Å². The van der Waals surface area contributed by atoms with Crippen molar-refractivity contribution < 1.29 is 0 Å². The summed E-state index contributed by atoms with van der Waals surface area (Å²) in [6.07, 6.45) is 9.45. The zero-order chi connectivity index (χ0) is 13.4. The summed E-state index contributed by atoms with van der Waals surface area (Å²) in [7, 11) is 0. The first kappa shape index (κ1) is 15.7. The molecule has 94 valence electrons. The maximum atomic E-state index is 6.04. The Labute approximate surface area is 106 Å². The molecule has 0 saturated carbocycles. The molecule has 0 heterocycles. The van der Waals surface area contributed by atoms with E-state index < -0.39 is 0 Å². The first-order chi connectivity index (χ1) is 8.06. The molecule has 0 amide bonds. The summed E-state index contributed by atoms with van der Waals surface area (Å²) in [4.78, 5) is 0. The fraction of sp³-hybridized carbons (Fsp3) is 0.375. The predicted molar refractivity (Wildman–Crippen MR) is 78.6 cm³/mol. The molecule has 0 aromatic carbocycles. The Morgan fingerprint density at radius 3 is 1.47 bits per heavy atom. The average Bonchev–Trinajstić information content (AvgIpc) is 2.37. The second kappa shape index (κ2) is 7.86. The van der Waals surface area contributed by atoms with E-state index in [9.17, 15) is 0 Å². The van der Waals surface area contributed by atoms with Crippen LogP contribution in [0.4, 0.5) is 0 Å². The van der Waals surface area contributed by atoms with Crippen molar-refractivity contribution in [3.8, 4) is 0 Å². The highest BCUT2D eigenvalue weighted by atomic mass is 14.6. The molecule has 0 unspecified atom stereocenters. The third-order valence-corrected chi connectivity index (χ3v) is 3.40. The van der Waals surface area contributed by atoms with E-state index in [0.717, 1.165) is 0 Å². The molecule has 0 spiro atoms. The van der Waals surface area contributed by atoms with E-state index in [1.54, 1.807) is 6.08 Å². The molecular formula is C16H25N. The van der Waals surface area contributed by atoms with Crippen molar-refractivity contribution in [3.05, 3.63) is 63.3 Å². The Hall–Kier alpha value is -1.34. The minimum atomic E-state index is -0.116. The van der Waals surface area contributed by atoms with Crippen LogP contribution in [0.5, 0.6) is 0 Å². The summed E-state index contributed by atoms with van der Waals surface area (Å²) in [6, 6.07) is -0.116. The maximum absolute atomic E-state index is 6.04. The lowest BCUT2D eigenvalue weighted by Crippen LogP contribution is -2.35. The van der Waals surface area contributed by atoms with Crippen molar-refractivity contribution in [3.63, 3.8) is 0 Å². The summed E-state index contributed by atoms with van der Waals surface area (Å²) in [6.45, 7) is 21.4. The van der Waals surface area contributed by atoms with Gasteiger partial charge in [-0.25, -0.2) is 0 Å². The van der Waals surface area contributed by atoms with Gasteiger partial charge in [0.15, 0.2) is 0 Å². The first-order valence-electron chi connectivity index (χ1n) is 5.95. The van der Waals surface area contributed by atoms with E-state index in [-0.39, 0.29) is 23.8 Å². The van der Waals surface area contributed by atoms with Crippen molar-refractivity contribution in [2.24, 2.45) is 29.4 Å². The van der Waals surface area contributed by atoms with E-state index in [2.05, 4.69) is 39.8 Å². The van der Waals surface area contributed by atoms with E-state index in [0.29, 0.717) is 5.92 Å². The van der Waals surface area contributed by atoms with Crippen molar-refractivity contribution in [2.75, 3.05) is 0 Å². The van der Waals surface area contributed by atoms with Gasteiger partial charge < -0.3 is 5.73 Å². The number of rotatable bonds is 9. The summed E-state index contributed by atoms with van der Waals surface area (Å²) >= 11 is 0. The van der Waals surface area contributed by atoms with Crippen LogP contribution in [0.2, 0.25) is 0 Å². The Morgan fingerprint density at radius 1 is 0.706 bits per heavy atom. The second-order valence-electron chi connectivity index (χ2n) is 4.35. The molecule has 5 atom stereocenters. The molecule has 0 aromatic rings. The van der Waals surface area contributed by atoms with Gasteiger partial charge in [-0.1, -0.05) is 37.3 Å². The molecule has 0 saturated heterocycles. The molecule has 0 aromatic heterocycles. The minimum Gasteiger partial charge on any atom is -0.324 e. The van der Waals surface area contributed by atoms with Gasteiger partial charge >= 0.3 is 0 Å². The van der Waals surface area contributed by atoms with E-state index in [4.69, 9.17) is 5.73 Å². The third-order valence-electron chi connectivity index (χ3n) is 3.40. The van der Waals surface area contributed by atoms with Crippen LogP contribution in [-0.4, -0.2) is 6.04 Å². The molecule has 0 aliphatic carbocycles. The lowest BCUT2D eigenvalue weighted by Gasteiger charge is -2.33. The van der Waals surface area contributed by atoms with Gasteiger partial charge in [0.25, 0.3) is 0 Å². The first-order valence-corrected chi connectivity index (χ1v) is 5.95. The number of allylic oxidation sites excluding steroid dienone is 3. The number of nitrogens with two attached hydrogens (primary N) is 1. The zero-order valence-electron chi connectivity index (χ0n) is 10.9. The summed E-state index contributed by atoms with van der Waals surface area (Å²) in [5.74, 6) is 0.912. The van der Waals surface area contributed by atoms with Gasteiger partial charge in [0.1, 0.15) is 0 Å². The van der Waals surface area contributed by atoms with Crippen LogP contribution < -0.4 is 5.73 Å². The maximum Gasteiger partial charge on any atom is 0.0290 e. The van der Waals surface area contributed by atoms with Gasteiger partial charge in [-0.15, -0.1) is 32.9 Å². The molecule has 2 N–H and O–H groups in total. The van der Waals surface area contributed by atoms with Gasteiger partial charge in [0, 0.05) is 12.0 Å². The molecule has 0 aliphatic heterocycles. The minimum absolute atomic E-state index is 0.116. The molecule has 0 bridgehead atoms. The van der Waals surface area contributed by atoms with Crippen LogP contribution in [0.15, 0.2) is 63.3 Å². The standard InChI is InChI=1S/C16H25N/c1-7-12(6)13(8-2)14(9-3)15(10-4)16(17)11-5/h7-16H,1-5,17H2,6H3/t12-,13-,14-,15-,16-/m0/s1. The van der Waals surface area contributed by atoms with Crippen molar-refractivity contribution in [1.29, 1.82) is 0 Å². The average molecular weight is 231 g/mol. The summed E-state index contributed by atoms with van der Waals surface area (Å²) < 4.78 is 0. The van der Waals surface area contributed by atoms with Crippen LogP contribution in [-0.2, 0) is 0 Å². The lowest BCUT2D eigenvalue weighted by atomic mass is 9.73. The number of hydrogen-bond acceptors (Lipinski definition) is 1. The molecule has 1 nitrogen and oxygen atoms in total. The molecule has 0 aliphatic rings. The molecule has 0 rings (SSSR count). The molecule has 1 heteroatoms. The van der Waals surface area contributed by atoms with Crippen LogP contribution in [0.25, 0.3) is 0 Å². The van der Waals surface area contributed by atoms with Crippen LogP contribution in [0.1, 0.15) is 6.92 Å².